The summed E-state index contributed by atoms with van der Waals surface area (Å²) in [6, 6.07) is 21.8. The largest absolute Gasteiger partial charge is 0.457 e. The summed E-state index contributed by atoms with van der Waals surface area (Å²) in [5.41, 5.74) is 2.28. The zero-order valence-electron chi connectivity index (χ0n) is 17.5. The average Bonchev–Trinajstić information content (AvgIpc) is 3.19. The standard InChI is InChI=1S/C25H22N2O5/c1-17-23(15-16-26(17)24(28)19-7-3-2-4-8-19)32-25(29)22-10-6-5-9-21(22)18-11-13-20(14-12-18)27(30)31/h2-14,17,23H,15-16H2,1H3/t17-,23+/m1/s1. The third kappa shape index (κ3) is 4.23. The summed E-state index contributed by atoms with van der Waals surface area (Å²) in [6.07, 6.45) is 0.144. The molecule has 3 aromatic rings. The Hall–Kier alpha value is -4.00. The van der Waals surface area contributed by atoms with Crippen LogP contribution in [-0.4, -0.2) is 40.4 Å². The van der Waals surface area contributed by atoms with Gasteiger partial charge in [0.1, 0.15) is 6.10 Å². The smallest absolute Gasteiger partial charge is 0.339 e. The summed E-state index contributed by atoms with van der Waals surface area (Å²) in [5, 5.41) is 10.9. The first-order chi connectivity index (χ1) is 15.5. The minimum Gasteiger partial charge on any atom is -0.457 e. The summed E-state index contributed by atoms with van der Waals surface area (Å²) in [4.78, 5) is 38.0. The van der Waals surface area contributed by atoms with Crippen LogP contribution in [0.15, 0.2) is 78.9 Å². The van der Waals surface area contributed by atoms with Gasteiger partial charge in [0.2, 0.25) is 0 Å². The molecule has 3 aromatic carbocycles. The molecule has 7 heteroatoms. The minimum atomic E-state index is -0.482. The van der Waals surface area contributed by atoms with Gasteiger partial charge in [0.25, 0.3) is 11.6 Å². The summed E-state index contributed by atoms with van der Waals surface area (Å²) in [5.74, 6) is -0.562. The number of nitrogens with zero attached hydrogens (tertiary/aromatic N) is 2. The van der Waals surface area contributed by atoms with Crippen molar-refractivity contribution < 1.29 is 19.2 Å². The molecule has 162 valence electrons. The molecular weight excluding hydrogens is 408 g/mol. The van der Waals surface area contributed by atoms with E-state index >= 15 is 0 Å². The third-order valence-electron chi connectivity index (χ3n) is 5.76. The van der Waals surface area contributed by atoms with Crippen molar-refractivity contribution in [1.29, 1.82) is 0 Å². The molecule has 7 nitrogen and oxygen atoms in total. The van der Waals surface area contributed by atoms with Gasteiger partial charge in [-0.25, -0.2) is 4.79 Å². The monoisotopic (exact) mass is 430 g/mol. The van der Waals surface area contributed by atoms with E-state index < -0.39 is 17.0 Å². The Labute approximate surface area is 185 Å². The maximum absolute atomic E-state index is 13.0. The highest BCUT2D eigenvalue weighted by molar-refractivity contribution is 5.98. The Morgan fingerprint density at radius 2 is 1.62 bits per heavy atom. The van der Waals surface area contributed by atoms with Crippen LogP contribution < -0.4 is 0 Å². The molecule has 1 fully saturated rings. The second-order valence-corrected chi connectivity index (χ2v) is 7.69. The lowest BCUT2D eigenvalue weighted by Crippen LogP contribution is -2.38. The van der Waals surface area contributed by atoms with E-state index in [1.165, 1.54) is 12.1 Å². The fraction of sp³-hybridized carbons (Fsp3) is 0.200. The Balaban J connectivity index is 1.50. The van der Waals surface area contributed by atoms with Crippen LogP contribution in [0.4, 0.5) is 5.69 Å². The maximum atomic E-state index is 13.0. The van der Waals surface area contributed by atoms with Gasteiger partial charge in [0, 0.05) is 30.7 Å². The molecule has 2 atom stereocenters. The number of hydrogen-bond acceptors (Lipinski definition) is 5. The van der Waals surface area contributed by atoms with Gasteiger partial charge < -0.3 is 9.64 Å². The van der Waals surface area contributed by atoms with Crippen LogP contribution in [0.2, 0.25) is 0 Å². The lowest BCUT2D eigenvalue weighted by molar-refractivity contribution is -0.384. The first-order valence-corrected chi connectivity index (χ1v) is 10.4. The number of benzene rings is 3. The molecule has 0 bridgehead atoms. The zero-order valence-corrected chi connectivity index (χ0v) is 17.5. The molecule has 0 spiro atoms. The van der Waals surface area contributed by atoms with Gasteiger partial charge in [-0.2, -0.15) is 0 Å². The second-order valence-electron chi connectivity index (χ2n) is 7.69. The Morgan fingerprint density at radius 3 is 2.31 bits per heavy atom. The van der Waals surface area contributed by atoms with Crippen LogP contribution in [0.5, 0.6) is 0 Å². The maximum Gasteiger partial charge on any atom is 0.339 e. The van der Waals surface area contributed by atoms with Crippen molar-refractivity contribution in [1.82, 2.24) is 4.90 Å². The van der Waals surface area contributed by atoms with Gasteiger partial charge in [-0.3, -0.25) is 14.9 Å². The molecule has 0 saturated carbocycles. The molecule has 32 heavy (non-hydrogen) atoms. The molecule has 0 radical (unpaired) electrons. The van der Waals surface area contributed by atoms with Gasteiger partial charge in [0.05, 0.1) is 16.5 Å². The molecular formula is C25H22N2O5. The van der Waals surface area contributed by atoms with Crippen LogP contribution in [-0.2, 0) is 4.74 Å². The van der Waals surface area contributed by atoms with Crippen molar-refractivity contribution in [2.45, 2.75) is 25.5 Å². The Kier molecular flexibility index (Phi) is 5.98. The lowest BCUT2D eigenvalue weighted by atomic mass is 9.99. The number of likely N-dealkylation sites (tertiary alicyclic amines) is 1. The highest BCUT2D eigenvalue weighted by Gasteiger charge is 2.37. The molecule has 0 aliphatic carbocycles. The van der Waals surface area contributed by atoms with E-state index in [9.17, 15) is 19.7 Å². The summed E-state index contributed by atoms with van der Waals surface area (Å²) >= 11 is 0. The average molecular weight is 430 g/mol. The van der Waals surface area contributed by atoms with Crippen LogP contribution >= 0.6 is 0 Å². The van der Waals surface area contributed by atoms with E-state index in [1.54, 1.807) is 53.4 Å². The lowest BCUT2D eigenvalue weighted by Gasteiger charge is -2.25. The molecule has 0 aromatic heterocycles. The van der Waals surface area contributed by atoms with E-state index in [0.29, 0.717) is 35.2 Å². The van der Waals surface area contributed by atoms with Crippen LogP contribution in [0.3, 0.4) is 0 Å². The van der Waals surface area contributed by atoms with Gasteiger partial charge in [-0.1, -0.05) is 36.4 Å². The van der Waals surface area contributed by atoms with Gasteiger partial charge in [-0.15, -0.1) is 0 Å². The predicted molar refractivity (Wildman–Crippen MR) is 119 cm³/mol. The molecule has 1 saturated heterocycles. The first-order valence-electron chi connectivity index (χ1n) is 10.4. The van der Waals surface area contributed by atoms with Gasteiger partial charge >= 0.3 is 5.97 Å². The van der Waals surface area contributed by atoms with Gasteiger partial charge in [-0.05, 0) is 48.4 Å². The molecule has 4 rings (SSSR count). The van der Waals surface area contributed by atoms with E-state index in [1.807, 2.05) is 25.1 Å². The van der Waals surface area contributed by atoms with Crippen molar-refractivity contribution in [3.63, 3.8) is 0 Å². The van der Waals surface area contributed by atoms with Crippen molar-refractivity contribution in [2.75, 3.05) is 6.54 Å². The predicted octanol–water partition coefficient (Wildman–Crippen LogP) is 4.72. The number of amides is 1. The van der Waals surface area contributed by atoms with E-state index in [0.717, 1.165) is 0 Å². The number of carbonyl (C=O) groups is 2. The number of rotatable bonds is 5. The highest BCUT2D eigenvalue weighted by atomic mass is 16.6. The number of hydrogen-bond donors (Lipinski definition) is 0. The number of ether oxygens (including phenoxy) is 1. The van der Waals surface area contributed by atoms with Crippen molar-refractivity contribution in [3.8, 4) is 11.1 Å². The van der Waals surface area contributed by atoms with E-state index in [2.05, 4.69) is 0 Å². The van der Waals surface area contributed by atoms with Gasteiger partial charge in [0.15, 0.2) is 0 Å². The molecule has 1 amide bonds. The minimum absolute atomic E-state index is 0.0169. The first kappa shape index (κ1) is 21.2. The van der Waals surface area contributed by atoms with Crippen LogP contribution in [0.1, 0.15) is 34.1 Å². The summed E-state index contributed by atoms with van der Waals surface area (Å²) in [6.45, 7) is 2.39. The number of carbonyl (C=O) groups excluding carboxylic acids is 2. The molecule has 0 unspecified atom stereocenters. The van der Waals surface area contributed by atoms with Crippen molar-refractivity contribution in [2.24, 2.45) is 0 Å². The second kappa shape index (κ2) is 9.01. The summed E-state index contributed by atoms with van der Waals surface area (Å²) < 4.78 is 5.81. The number of non-ortho nitro benzene ring substituents is 1. The zero-order chi connectivity index (χ0) is 22.7. The topological polar surface area (TPSA) is 89.8 Å². The molecule has 1 aliphatic heterocycles. The highest BCUT2D eigenvalue weighted by Crippen LogP contribution is 2.29. The Bertz CT molecular complexity index is 1140. The van der Waals surface area contributed by atoms with Crippen LogP contribution in [0.25, 0.3) is 11.1 Å². The number of esters is 1. The molecule has 0 N–H and O–H groups in total. The third-order valence-corrected chi connectivity index (χ3v) is 5.76. The fourth-order valence-electron chi connectivity index (χ4n) is 3.98. The SMILES string of the molecule is C[C@@H]1[C@@H](OC(=O)c2ccccc2-c2ccc([N+](=O)[O-])cc2)CCN1C(=O)c1ccccc1. The molecule has 1 heterocycles. The Morgan fingerprint density at radius 1 is 0.969 bits per heavy atom. The van der Waals surface area contributed by atoms with E-state index in [-0.39, 0.29) is 17.6 Å². The van der Waals surface area contributed by atoms with Crippen LogP contribution in [0, 0.1) is 10.1 Å². The normalized spacial score (nSPS) is 17.7. The van der Waals surface area contributed by atoms with Crippen molar-refractivity contribution >= 4 is 17.6 Å². The van der Waals surface area contributed by atoms with Crippen molar-refractivity contribution in [3.05, 3.63) is 100 Å². The quantitative estimate of drug-likeness (QED) is 0.332. The fourth-order valence-corrected chi connectivity index (χ4v) is 3.98. The van der Waals surface area contributed by atoms with E-state index in [4.69, 9.17) is 4.74 Å². The number of nitro groups is 1. The molecule has 1 aliphatic rings. The summed E-state index contributed by atoms with van der Waals surface area (Å²) in [7, 11) is 0. The number of nitro benzene ring substituents is 1.